The normalized spacial score (nSPS) is 18.5. The summed E-state index contributed by atoms with van der Waals surface area (Å²) in [5, 5.41) is 13.1. The number of aromatic nitrogens is 1. The van der Waals surface area contributed by atoms with Crippen LogP contribution in [0.4, 0.5) is 0 Å². The average molecular weight is 490 g/mol. The number of carbonyl (C=O) groups is 1. The molecule has 0 spiro atoms. The molecule has 9 heteroatoms. The Kier molecular flexibility index (Phi) is 5.82. The number of fused-ring (bicyclic) bond motifs is 2. The fourth-order valence-corrected chi connectivity index (χ4v) is 6.26. The number of hydrogen-bond acceptors (Lipinski definition) is 5. The molecule has 0 bridgehead atoms. The van der Waals surface area contributed by atoms with E-state index in [1.54, 1.807) is 36.4 Å². The number of nitrogens with zero attached hydrogens (tertiary/aromatic N) is 1. The van der Waals surface area contributed by atoms with E-state index in [-0.39, 0.29) is 28.5 Å². The summed E-state index contributed by atoms with van der Waals surface area (Å²) in [5.41, 5.74) is 12.3. The van der Waals surface area contributed by atoms with E-state index in [9.17, 15) is 13.2 Å². The summed E-state index contributed by atoms with van der Waals surface area (Å²) < 4.78 is 29.0. The topological polar surface area (TPSA) is 144 Å². The molecule has 1 aromatic heterocycles. The van der Waals surface area contributed by atoms with Crippen molar-refractivity contribution in [3.05, 3.63) is 78.0 Å². The third-order valence-corrected chi connectivity index (χ3v) is 8.39. The number of amides is 1. The van der Waals surface area contributed by atoms with Gasteiger partial charge in [0.1, 0.15) is 11.5 Å². The lowest BCUT2D eigenvalue weighted by atomic mass is 9.92. The maximum atomic E-state index is 14.0. The smallest absolute Gasteiger partial charge is 0.269 e. The lowest BCUT2D eigenvalue weighted by molar-refractivity contribution is 0.0920. The minimum absolute atomic E-state index is 0.0173. The second-order valence-electron chi connectivity index (χ2n) is 9.08. The molecule has 0 saturated heterocycles. The zero-order chi connectivity index (χ0) is 24.7. The van der Waals surface area contributed by atoms with Crippen molar-refractivity contribution >= 4 is 43.4 Å². The Morgan fingerprint density at radius 3 is 2.31 bits per heavy atom. The molecule has 1 aliphatic carbocycles. The molecule has 4 aromatic rings. The molecule has 0 atom stereocenters. The van der Waals surface area contributed by atoms with E-state index < -0.39 is 15.9 Å². The van der Waals surface area contributed by atoms with Crippen molar-refractivity contribution < 1.29 is 13.2 Å². The van der Waals surface area contributed by atoms with Gasteiger partial charge in [0.05, 0.1) is 10.4 Å². The summed E-state index contributed by atoms with van der Waals surface area (Å²) in [4.78, 5) is 13.5. The van der Waals surface area contributed by atoms with Crippen molar-refractivity contribution in [2.75, 3.05) is 0 Å². The molecular formula is C26H27N5O3S. The summed E-state index contributed by atoms with van der Waals surface area (Å²) in [6.45, 7) is 0. The predicted molar refractivity (Wildman–Crippen MR) is 137 cm³/mol. The lowest BCUT2D eigenvalue weighted by Crippen LogP contribution is -2.41. The number of nitrogens with one attached hydrogen (secondary N) is 2. The Balaban J connectivity index is 1.65. The first-order chi connectivity index (χ1) is 16.7. The van der Waals surface area contributed by atoms with Gasteiger partial charge in [-0.05, 0) is 60.7 Å². The number of hydrogen-bond donors (Lipinski definition) is 4. The first-order valence-electron chi connectivity index (χ1n) is 11.5. The molecule has 1 saturated carbocycles. The van der Waals surface area contributed by atoms with Gasteiger partial charge >= 0.3 is 0 Å². The Morgan fingerprint density at radius 1 is 0.914 bits per heavy atom. The summed E-state index contributed by atoms with van der Waals surface area (Å²) in [6.07, 6.45) is 3.12. The zero-order valence-electron chi connectivity index (χ0n) is 19.1. The van der Waals surface area contributed by atoms with E-state index in [1.807, 2.05) is 24.3 Å². The Bertz CT molecular complexity index is 1570. The molecule has 1 fully saturated rings. The minimum Gasteiger partial charge on any atom is -0.384 e. The molecule has 1 heterocycles. The fourth-order valence-electron chi connectivity index (χ4n) is 4.72. The van der Waals surface area contributed by atoms with E-state index in [0.29, 0.717) is 16.5 Å². The standard InChI is InChI=1S/C26H27N5O3S/c27-20-8-10-21(11-9-20)30-26(32)24-14-18-5-6-19(25(28)29)15-23(18)31(24)35(33,34)22-12-7-16-3-1-2-4-17(16)13-22/h1-7,12-15,20-21H,8-11,27H2,(H3,28,29)(H,30,32). The highest BCUT2D eigenvalue weighted by atomic mass is 32.2. The molecule has 0 unspecified atom stereocenters. The van der Waals surface area contributed by atoms with Crippen LogP contribution in [0.25, 0.3) is 21.7 Å². The van der Waals surface area contributed by atoms with Crippen LogP contribution in [0.15, 0.2) is 71.6 Å². The van der Waals surface area contributed by atoms with Crippen molar-refractivity contribution in [1.82, 2.24) is 9.29 Å². The number of amidine groups is 1. The molecular weight excluding hydrogens is 462 g/mol. The van der Waals surface area contributed by atoms with Gasteiger partial charge in [-0.1, -0.05) is 42.5 Å². The van der Waals surface area contributed by atoms with Crippen molar-refractivity contribution in [3.63, 3.8) is 0 Å². The molecule has 6 N–H and O–H groups in total. The lowest BCUT2D eigenvalue weighted by Gasteiger charge is -2.27. The molecule has 8 nitrogen and oxygen atoms in total. The van der Waals surface area contributed by atoms with Crippen LogP contribution in [-0.4, -0.2) is 36.2 Å². The van der Waals surface area contributed by atoms with E-state index >= 15 is 0 Å². The molecule has 1 amide bonds. The van der Waals surface area contributed by atoms with Crippen LogP contribution >= 0.6 is 0 Å². The van der Waals surface area contributed by atoms with E-state index in [1.165, 1.54) is 6.07 Å². The van der Waals surface area contributed by atoms with Crippen molar-refractivity contribution in [3.8, 4) is 0 Å². The molecule has 0 aliphatic heterocycles. The van der Waals surface area contributed by atoms with Crippen LogP contribution in [0.5, 0.6) is 0 Å². The third kappa shape index (κ3) is 4.28. The SMILES string of the molecule is N=C(N)c1ccc2cc(C(=O)NC3CCC(N)CC3)n(S(=O)(=O)c3ccc4ccccc4c3)c2c1. The van der Waals surface area contributed by atoms with Crippen LogP contribution in [0.3, 0.4) is 0 Å². The molecule has 0 radical (unpaired) electrons. The van der Waals surface area contributed by atoms with Gasteiger partial charge in [0.2, 0.25) is 0 Å². The zero-order valence-corrected chi connectivity index (χ0v) is 19.9. The van der Waals surface area contributed by atoms with Crippen LogP contribution in [-0.2, 0) is 10.0 Å². The van der Waals surface area contributed by atoms with Gasteiger partial charge in [0, 0.05) is 23.0 Å². The minimum atomic E-state index is -4.16. The number of nitrogen functional groups attached to an aromatic ring is 1. The quantitative estimate of drug-likeness (QED) is 0.251. The van der Waals surface area contributed by atoms with Crippen LogP contribution in [0.2, 0.25) is 0 Å². The summed E-state index contributed by atoms with van der Waals surface area (Å²) in [7, 11) is -4.16. The molecule has 5 rings (SSSR count). The largest absolute Gasteiger partial charge is 0.384 e. The average Bonchev–Trinajstić information content (AvgIpc) is 3.25. The Morgan fingerprint density at radius 2 is 1.60 bits per heavy atom. The van der Waals surface area contributed by atoms with Gasteiger partial charge in [0.25, 0.3) is 15.9 Å². The van der Waals surface area contributed by atoms with Gasteiger partial charge in [-0.2, -0.15) is 0 Å². The first kappa shape index (κ1) is 23.1. The highest BCUT2D eigenvalue weighted by Crippen LogP contribution is 2.29. The fraction of sp³-hybridized carbons (Fsp3) is 0.231. The van der Waals surface area contributed by atoms with Crippen molar-refractivity contribution in [2.45, 2.75) is 42.7 Å². The van der Waals surface area contributed by atoms with E-state index in [4.69, 9.17) is 16.9 Å². The molecule has 1 aliphatic rings. The predicted octanol–water partition coefficient (Wildman–Crippen LogP) is 3.32. The Labute approximate surface area is 203 Å². The van der Waals surface area contributed by atoms with E-state index in [2.05, 4.69) is 5.32 Å². The summed E-state index contributed by atoms with van der Waals surface area (Å²) in [6, 6.07) is 18.9. The molecule has 35 heavy (non-hydrogen) atoms. The summed E-state index contributed by atoms with van der Waals surface area (Å²) >= 11 is 0. The van der Waals surface area contributed by atoms with Crippen molar-refractivity contribution in [2.24, 2.45) is 11.5 Å². The maximum absolute atomic E-state index is 14.0. The first-order valence-corrected chi connectivity index (χ1v) is 13.0. The van der Waals surface area contributed by atoms with Gasteiger partial charge in [-0.25, -0.2) is 12.4 Å². The monoisotopic (exact) mass is 489 g/mol. The van der Waals surface area contributed by atoms with Gasteiger partial charge < -0.3 is 16.8 Å². The van der Waals surface area contributed by atoms with Gasteiger partial charge in [-0.3, -0.25) is 10.2 Å². The summed E-state index contributed by atoms with van der Waals surface area (Å²) in [5.74, 6) is -0.650. The number of nitrogens with two attached hydrogens (primary N) is 2. The Hall–Kier alpha value is -3.69. The van der Waals surface area contributed by atoms with Crippen molar-refractivity contribution in [1.29, 1.82) is 5.41 Å². The number of carbonyl (C=O) groups excluding carboxylic acids is 1. The second kappa shape index (κ2) is 8.83. The number of rotatable bonds is 5. The van der Waals surface area contributed by atoms with Gasteiger partial charge in [0.15, 0.2) is 0 Å². The highest BCUT2D eigenvalue weighted by molar-refractivity contribution is 7.90. The third-order valence-electron chi connectivity index (χ3n) is 6.67. The highest BCUT2D eigenvalue weighted by Gasteiger charge is 2.29. The van der Waals surface area contributed by atoms with Crippen LogP contribution in [0, 0.1) is 5.41 Å². The van der Waals surface area contributed by atoms with E-state index in [0.717, 1.165) is 40.4 Å². The maximum Gasteiger partial charge on any atom is 0.269 e. The van der Waals surface area contributed by atoms with Crippen LogP contribution < -0.4 is 16.8 Å². The number of benzene rings is 3. The molecule has 3 aromatic carbocycles. The second-order valence-corrected chi connectivity index (χ2v) is 10.9. The van der Waals surface area contributed by atoms with Crippen LogP contribution in [0.1, 0.15) is 41.7 Å². The molecule has 180 valence electrons. The van der Waals surface area contributed by atoms with Gasteiger partial charge in [-0.15, -0.1) is 0 Å².